The van der Waals surface area contributed by atoms with Gasteiger partial charge in [-0.05, 0) is 67.4 Å². The summed E-state index contributed by atoms with van der Waals surface area (Å²) >= 11 is 0. The third-order valence-electron chi connectivity index (χ3n) is 7.07. The van der Waals surface area contributed by atoms with Crippen LogP contribution in [0.1, 0.15) is 22.3 Å². The first-order chi connectivity index (χ1) is 15.4. The molecule has 1 spiro atoms. The maximum absolute atomic E-state index is 2.43. The summed E-state index contributed by atoms with van der Waals surface area (Å²) in [6.07, 6.45) is 4.76. The maximum Gasteiger partial charge on any atom is 0.0653 e. The van der Waals surface area contributed by atoms with E-state index in [0.29, 0.717) is 0 Å². The van der Waals surface area contributed by atoms with Gasteiger partial charge in [-0.3, -0.25) is 0 Å². The van der Waals surface area contributed by atoms with Crippen molar-refractivity contribution in [3.05, 3.63) is 138 Å². The van der Waals surface area contributed by atoms with Crippen LogP contribution in [0.15, 0.2) is 115 Å². The van der Waals surface area contributed by atoms with Gasteiger partial charge in [-0.1, -0.05) is 109 Å². The second-order valence-electron chi connectivity index (χ2n) is 8.56. The minimum absolute atomic E-state index is 0.300. The van der Waals surface area contributed by atoms with E-state index in [4.69, 9.17) is 0 Å². The highest BCUT2D eigenvalue weighted by Crippen LogP contribution is 2.55. The molecule has 0 fully saturated rings. The third kappa shape index (κ3) is 2.14. The normalized spacial score (nSPS) is 14.6. The number of fused-ring (bicyclic) bond motifs is 10. The van der Waals surface area contributed by atoms with Crippen molar-refractivity contribution in [3.63, 3.8) is 0 Å². The van der Waals surface area contributed by atoms with Gasteiger partial charge in [0.25, 0.3) is 0 Å². The molecule has 0 nitrogen and oxygen atoms in total. The Morgan fingerprint density at radius 3 is 1.52 bits per heavy atom. The summed E-state index contributed by atoms with van der Waals surface area (Å²) in [4.78, 5) is 0. The summed E-state index contributed by atoms with van der Waals surface area (Å²) in [6, 6.07) is 40.2. The molecule has 0 heteroatoms. The highest BCUT2D eigenvalue weighted by molar-refractivity contribution is 5.96. The van der Waals surface area contributed by atoms with Crippen LogP contribution in [0.3, 0.4) is 0 Å². The monoisotopic (exact) mass is 392 g/mol. The number of allylic oxidation sites excluding steroid dienone is 1. The number of hydrogen-bond acceptors (Lipinski definition) is 0. The zero-order valence-electron chi connectivity index (χ0n) is 17.0. The molecule has 0 saturated carbocycles. The van der Waals surface area contributed by atoms with Crippen LogP contribution in [0.4, 0.5) is 0 Å². The molecule has 7 rings (SSSR count). The van der Waals surface area contributed by atoms with Crippen molar-refractivity contribution in [2.24, 2.45) is 0 Å². The molecule has 0 saturated heterocycles. The predicted octanol–water partition coefficient (Wildman–Crippen LogP) is 7.85. The lowest BCUT2D eigenvalue weighted by Crippen LogP contribution is -2.26. The number of rotatable bonds is 0. The molecule has 0 atom stereocenters. The second kappa shape index (κ2) is 6.06. The average Bonchev–Trinajstić information content (AvgIpc) is 3.16. The van der Waals surface area contributed by atoms with Crippen LogP contribution in [0, 0.1) is 0 Å². The summed E-state index contributed by atoms with van der Waals surface area (Å²) in [5.41, 5.74) is 10.4. The number of benzene rings is 5. The SMILES string of the molecule is C1=CC2(c3cc4ccccc4cc31)c1ccccc1-c1ccccc1-c1ccccc12. The zero-order valence-corrected chi connectivity index (χ0v) is 17.0. The van der Waals surface area contributed by atoms with Gasteiger partial charge in [-0.2, -0.15) is 0 Å². The van der Waals surface area contributed by atoms with E-state index in [0.717, 1.165) is 0 Å². The highest BCUT2D eigenvalue weighted by Gasteiger charge is 2.43. The predicted molar refractivity (Wildman–Crippen MR) is 130 cm³/mol. The Hall–Kier alpha value is -3.90. The molecular weight excluding hydrogens is 372 g/mol. The fourth-order valence-corrected chi connectivity index (χ4v) is 5.73. The standard InChI is InChI=1S/C31H20/c1-2-10-22-20-30-23(19-21(22)9-1)17-18-31(30)28-15-7-5-13-26(28)24-11-3-4-12-25(24)27-14-6-8-16-29(27)31/h1-20H. The molecule has 144 valence electrons. The lowest BCUT2D eigenvalue weighted by atomic mass is 9.69. The smallest absolute Gasteiger partial charge is 0.0645 e. The van der Waals surface area contributed by atoms with Gasteiger partial charge < -0.3 is 0 Å². The van der Waals surface area contributed by atoms with E-state index < -0.39 is 0 Å². The molecule has 31 heavy (non-hydrogen) atoms. The van der Waals surface area contributed by atoms with Crippen molar-refractivity contribution >= 4 is 16.8 Å². The average molecular weight is 393 g/mol. The van der Waals surface area contributed by atoms with Crippen LogP contribution < -0.4 is 0 Å². The van der Waals surface area contributed by atoms with Crippen molar-refractivity contribution in [1.82, 2.24) is 0 Å². The van der Waals surface area contributed by atoms with Gasteiger partial charge in [0.05, 0.1) is 5.41 Å². The summed E-state index contributed by atoms with van der Waals surface area (Å²) in [5.74, 6) is 0. The Labute approximate surface area is 182 Å². The van der Waals surface area contributed by atoms with E-state index in [9.17, 15) is 0 Å². The molecule has 5 aromatic carbocycles. The van der Waals surface area contributed by atoms with E-state index in [2.05, 4.69) is 121 Å². The van der Waals surface area contributed by atoms with E-state index in [1.807, 2.05) is 0 Å². The molecule has 2 aliphatic carbocycles. The van der Waals surface area contributed by atoms with Crippen LogP contribution in [-0.4, -0.2) is 0 Å². The fraction of sp³-hybridized carbons (Fsp3) is 0.0323. The largest absolute Gasteiger partial charge is 0.0653 e. The third-order valence-corrected chi connectivity index (χ3v) is 7.07. The van der Waals surface area contributed by atoms with Crippen molar-refractivity contribution in [2.75, 3.05) is 0 Å². The van der Waals surface area contributed by atoms with Gasteiger partial charge in [0.2, 0.25) is 0 Å². The Morgan fingerprint density at radius 1 is 0.419 bits per heavy atom. The van der Waals surface area contributed by atoms with Gasteiger partial charge in [-0.15, -0.1) is 0 Å². The highest BCUT2D eigenvalue weighted by atomic mass is 14.4. The van der Waals surface area contributed by atoms with Crippen LogP contribution in [0.5, 0.6) is 0 Å². The van der Waals surface area contributed by atoms with E-state index in [-0.39, 0.29) is 5.41 Å². The first kappa shape index (κ1) is 16.8. The van der Waals surface area contributed by atoms with Crippen molar-refractivity contribution < 1.29 is 0 Å². The van der Waals surface area contributed by atoms with Crippen LogP contribution >= 0.6 is 0 Å². The molecule has 0 heterocycles. The van der Waals surface area contributed by atoms with Crippen LogP contribution in [0.2, 0.25) is 0 Å². The number of hydrogen-bond donors (Lipinski definition) is 0. The van der Waals surface area contributed by atoms with Crippen LogP contribution in [0.25, 0.3) is 39.1 Å². The molecule has 5 aromatic rings. The molecule has 0 aliphatic heterocycles. The van der Waals surface area contributed by atoms with Crippen molar-refractivity contribution in [3.8, 4) is 22.3 Å². The van der Waals surface area contributed by atoms with Gasteiger partial charge >= 0.3 is 0 Å². The molecule has 0 aromatic heterocycles. The van der Waals surface area contributed by atoms with Gasteiger partial charge in [0, 0.05) is 0 Å². The summed E-state index contributed by atoms with van der Waals surface area (Å²) in [6.45, 7) is 0. The van der Waals surface area contributed by atoms with Gasteiger partial charge in [-0.25, -0.2) is 0 Å². The fourth-order valence-electron chi connectivity index (χ4n) is 5.73. The summed E-state index contributed by atoms with van der Waals surface area (Å²) in [7, 11) is 0. The second-order valence-corrected chi connectivity index (χ2v) is 8.56. The lowest BCUT2D eigenvalue weighted by Gasteiger charge is -2.33. The van der Waals surface area contributed by atoms with Gasteiger partial charge in [0.1, 0.15) is 0 Å². The molecule has 0 amide bonds. The van der Waals surface area contributed by atoms with E-state index in [1.165, 1.54) is 55.3 Å². The molecule has 0 N–H and O–H groups in total. The minimum atomic E-state index is -0.300. The molecule has 0 unspecified atom stereocenters. The first-order valence-electron chi connectivity index (χ1n) is 10.9. The maximum atomic E-state index is 2.43. The summed E-state index contributed by atoms with van der Waals surface area (Å²) < 4.78 is 0. The van der Waals surface area contributed by atoms with E-state index in [1.54, 1.807) is 0 Å². The molecular formula is C31H20. The van der Waals surface area contributed by atoms with E-state index >= 15 is 0 Å². The first-order valence-corrected chi connectivity index (χ1v) is 10.9. The minimum Gasteiger partial charge on any atom is -0.0645 e. The Morgan fingerprint density at radius 2 is 0.903 bits per heavy atom. The van der Waals surface area contributed by atoms with Crippen molar-refractivity contribution in [2.45, 2.75) is 5.41 Å². The molecule has 0 bridgehead atoms. The molecule has 2 aliphatic rings. The Bertz CT molecular complexity index is 1470. The van der Waals surface area contributed by atoms with Gasteiger partial charge in [0.15, 0.2) is 0 Å². The Kier molecular flexibility index (Phi) is 3.29. The quantitative estimate of drug-likeness (QED) is 0.252. The van der Waals surface area contributed by atoms with Crippen molar-refractivity contribution in [1.29, 1.82) is 0 Å². The lowest BCUT2D eigenvalue weighted by molar-refractivity contribution is 0.803. The topological polar surface area (TPSA) is 0 Å². The molecule has 0 radical (unpaired) electrons. The zero-order chi connectivity index (χ0) is 20.4. The van der Waals surface area contributed by atoms with Crippen LogP contribution in [-0.2, 0) is 5.41 Å². The Balaban J connectivity index is 1.68. The summed E-state index contributed by atoms with van der Waals surface area (Å²) in [5, 5.41) is 2.59.